The van der Waals surface area contributed by atoms with Gasteiger partial charge in [-0.25, -0.2) is 0 Å². The maximum Gasteiger partial charge on any atom is 0.150 e. The lowest BCUT2D eigenvalue weighted by molar-refractivity contribution is 0.109. The molecule has 0 saturated carbocycles. The second-order valence-corrected chi connectivity index (χ2v) is 2.19. The van der Waals surface area contributed by atoms with Crippen molar-refractivity contribution in [3.63, 3.8) is 0 Å². The predicted octanol–water partition coefficient (Wildman–Crippen LogP) is 1.18. The molecule has 0 fully saturated rings. The Labute approximate surface area is 69.2 Å². The summed E-state index contributed by atoms with van der Waals surface area (Å²) in [7, 11) is 0. The number of nitriles is 1. The molecule has 0 amide bonds. The van der Waals surface area contributed by atoms with Crippen molar-refractivity contribution in [2.45, 2.75) is 0 Å². The number of rotatable bonds is 2. The topological polar surface area (TPSA) is 57.9 Å². The highest BCUT2D eigenvalue weighted by Crippen LogP contribution is 2.06. The Morgan fingerprint density at radius 2 is 1.83 bits per heavy atom. The van der Waals surface area contributed by atoms with E-state index in [2.05, 4.69) is 0 Å². The highest BCUT2D eigenvalue weighted by atomic mass is 16.1. The summed E-state index contributed by atoms with van der Waals surface area (Å²) in [6.45, 7) is 0. The van der Waals surface area contributed by atoms with E-state index in [0.717, 1.165) is 0 Å². The van der Waals surface area contributed by atoms with Gasteiger partial charge in [0.1, 0.15) is 0 Å². The minimum Gasteiger partial charge on any atom is -0.298 e. The molecule has 0 N–H and O–H groups in total. The van der Waals surface area contributed by atoms with E-state index >= 15 is 0 Å². The van der Waals surface area contributed by atoms with Crippen LogP contribution in [-0.4, -0.2) is 12.6 Å². The van der Waals surface area contributed by atoms with Crippen molar-refractivity contribution < 1.29 is 9.59 Å². The molecule has 0 aliphatic carbocycles. The van der Waals surface area contributed by atoms with Gasteiger partial charge >= 0.3 is 0 Å². The fourth-order valence-electron chi connectivity index (χ4n) is 0.854. The van der Waals surface area contributed by atoms with E-state index in [4.69, 9.17) is 5.26 Å². The van der Waals surface area contributed by atoms with Crippen molar-refractivity contribution in [2.75, 3.05) is 0 Å². The minimum absolute atomic E-state index is 0.254. The standard InChI is InChI=1S/C9H5NO2/c10-4-7-1-2-8(5-11)9(3-7)6-12/h1-3,5-6H. The van der Waals surface area contributed by atoms with Crippen LogP contribution in [0, 0.1) is 11.3 Å². The lowest BCUT2D eigenvalue weighted by atomic mass is 10.1. The molecule has 0 saturated heterocycles. The van der Waals surface area contributed by atoms with Crippen LogP contribution in [-0.2, 0) is 0 Å². The summed E-state index contributed by atoms with van der Waals surface area (Å²) >= 11 is 0. The summed E-state index contributed by atoms with van der Waals surface area (Å²) in [6, 6.07) is 6.21. The van der Waals surface area contributed by atoms with Crippen LogP contribution in [0.25, 0.3) is 0 Å². The van der Waals surface area contributed by atoms with Gasteiger partial charge in [0.15, 0.2) is 12.6 Å². The van der Waals surface area contributed by atoms with Crippen LogP contribution < -0.4 is 0 Å². The SMILES string of the molecule is N#Cc1ccc(C=O)c(C=O)c1. The smallest absolute Gasteiger partial charge is 0.150 e. The van der Waals surface area contributed by atoms with Gasteiger partial charge in [-0.1, -0.05) is 0 Å². The summed E-state index contributed by atoms with van der Waals surface area (Å²) in [5.74, 6) is 0. The average molecular weight is 159 g/mol. The van der Waals surface area contributed by atoms with E-state index in [1.165, 1.54) is 18.2 Å². The first-order valence-electron chi connectivity index (χ1n) is 3.26. The van der Waals surface area contributed by atoms with Crippen LogP contribution in [0.3, 0.4) is 0 Å². The Morgan fingerprint density at radius 1 is 1.17 bits per heavy atom. The Bertz CT molecular complexity index is 363. The van der Waals surface area contributed by atoms with Crippen molar-refractivity contribution >= 4 is 12.6 Å². The number of aldehydes is 2. The maximum absolute atomic E-state index is 10.4. The van der Waals surface area contributed by atoms with Gasteiger partial charge < -0.3 is 0 Å². The highest BCUT2D eigenvalue weighted by Gasteiger charge is 2.00. The van der Waals surface area contributed by atoms with Gasteiger partial charge in [-0.3, -0.25) is 9.59 Å². The van der Waals surface area contributed by atoms with E-state index in [-0.39, 0.29) is 5.56 Å². The largest absolute Gasteiger partial charge is 0.298 e. The van der Waals surface area contributed by atoms with Crippen molar-refractivity contribution in [3.05, 3.63) is 34.9 Å². The van der Waals surface area contributed by atoms with Gasteiger partial charge in [0.2, 0.25) is 0 Å². The fraction of sp³-hybridized carbons (Fsp3) is 0. The first kappa shape index (κ1) is 8.15. The van der Waals surface area contributed by atoms with Gasteiger partial charge in [-0.2, -0.15) is 5.26 Å². The Hall–Kier alpha value is -1.95. The Kier molecular flexibility index (Phi) is 2.34. The lowest BCUT2D eigenvalue weighted by Gasteiger charge is -1.95. The molecule has 1 rings (SSSR count). The predicted molar refractivity (Wildman–Crippen MR) is 41.9 cm³/mol. The fourth-order valence-corrected chi connectivity index (χ4v) is 0.854. The van der Waals surface area contributed by atoms with Crippen molar-refractivity contribution in [2.24, 2.45) is 0 Å². The number of nitrogens with zero attached hydrogens (tertiary/aromatic N) is 1. The molecular formula is C9H5NO2. The molecule has 0 radical (unpaired) electrons. The van der Waals surface area contributed by atoms with Crippen LogP contribution >= 0.6 is 0 Å². The summed E-state index contributed by atoms with van der Waals surface area (Å²) in [5.41, 5.74) is 0.941. The van der Waals surface area contributed by atoms with Gasteiger partial charge in [-0.05, 0) is 18.2 Å². The summed E-state index contributed by atoms with van der Waals surface area (Å²) in [4.78, 5) is 20.7. The molecule has 0 spiro atoms. The lowest BCUT2D eigenvalue weighted by Crippen LogP contribution is -1.90. The molecule has 0 unspecified atom stereocenters. The number of benzene rings is 1. The van der Waals surface area contributed by atoms with E-state index in [1.54, 1.807) is 0 Å². The van der Waals surface area contributed by atoms with Gasteiger partial charge in [0.05, 0.1) is 11.6 Å². The number of carbonyl (C=O) groups excluding carboxylic acids is 2. The second kappa shape index (κ2) is 3.44. The van der Waals surface area contributed by atoms with Crippen LogP contribution in [0.5, 0.6) is 0 Å². The maximum atomic E-state index is 10.4. The van der Waals surface area contributed by atoms with E-state index in [9.17, 15) is 9.59 Å². The quantitative estimate of drug-likeness (QED) is 0.609. The molecule has 12 heavy (non-hydrogen) atoms. The molecule has 0 aliphatic heterocycles. The van der Waals surface area contributed by atoms with Crippen molar-refractivity contribution in [1.82, 2.24) is 0 Å². The Balaban J connectivity index is 3.30. The third-order valence-corrected chi connectivity index (χ3v) is 1.47. The number of hydrogen-bond donors (Lipinski definition) is 0. The normalized spacial score (nSPS) is 8.58. The molecule has 0 aliphatic rings. The minimum atomic E-state index is 0.254. The monoisotopic (exact) mass is 159 g/mol. The number of hydrogen-bond acceptors (Lipinski definition) is 3. The van der Waals surface area contributed by atoms with Gasteiger partial charge in [0.25, 0.3) is 0 Å². The van der Waals surface area contributed by atoms with E-state index in [1.807, 2.05) is 6.07 Å². The molecule has 0 aromatic heterocycles. The summed E-state index contributed by atoms with van der Waals surface area (Å²) in [6.07, 6.45) is 1.15. The van der Waals surface area contributed by atoms with Crippen molar-refractivity contribution in [3.8, 4) is 6.07 Å². The molecule has 58 valence electrons. The molecule has 3 nitrogen and oxygen atoms in total. The zero-order chi connectivity index (χ0) is 8.97. The van der Waals surface area contributed by atoms with E-state index < -0.39 is 0 Å². The zero-order valence-electron chi connectivity index (χ0n) is 6.15. The van der Waals surface area contributed by atoms with Crippen molar-refractivity contribution in [1.29, 1.82) is 5.26 Å². The second-order valence-electron chi connectivity index (χ2n) is 2.19. The highest BCUT2D eigenvalue weighted by molar-refractivity contribution is 5.90. The third-order valence-electron chi connectivity index (χ3n) is 1.47. The van der Waals surface area contributed by atoms with Crippen LogP contribution in [0.1, 0.15) is 26.3 Å². The molecule has 3 heteroatoms. The molecule has 0 bridgehead atoms. The average Bonchev–Trinajstić information content (AvgIpc) is 2.16. The van der Waals surface area contributed by atoms with E-state index in [0.29, 0.717) is 23.7 Å². The molecule has 0 atom stereocenters. The summed E-state index contributed by atoms with van der Waals surface area (Å²) in [5, 5.41) is 8.47. The summed E-state index contributed by atoms with van der Waals surface area (Å²) < 4.78 is 0. The van der Waals surface area contributed by atoms with Gasteiger partial charge in [0, 0.05) is 11.1 Å². The molecular weight excluding hydrogens is 154 g/mol. The van der Waals surface area contributed by atoms with Crippen LogP contribution in [0.2, 0.25) is 0 Å². The molecule has 0 heterocycles. The molecule has 1 aromatic rings. The number of carbonyl (C=O) groups is 2. The van der Waals surface area contributed by atoms with Gasteiger partial charge in [-0.15, -0.1) is 0 Å². The first-order valence-corrected chi connectivity index (χ1v) is 3.26. The zero-order valence-corrected chi connectivity index (χ0v) is 6.15. The third kappa shape index (κ3) is 1.38. The first-order chi connectivity index (χ1) is 5.81. The molecule has 1 aromatic carbocycles. The van der Waals surface area contributed by atoms with Crippen LogP contribution in [0.4, 0.5) is 0 Å². The van der Waals surface area contributed by atoms with Crippen LogP contribution in [0.15, 0.2) is 18.2 Å². The Morgan fingerprint density at radius 3 is 2.33 bits per heavy atom.